The molecular formula is C29H34BrN3O6. The zero-order valence-electron chi connectivity index (χ0n) is 21.9. The Balaban J connectivity index is 1.28. The molecule has 3 amide bonds. The second kappa shape index (κ2) is 17.4. The van der Waals surface area contributed by atoms with Gasteiger partial charge in [-0.1, -0.05) is 58.1 Å². The summed E-state index contributed by atoms with van der Waals surface area (Å²) in [6.07, 6.45) is 0.184. The van der Waals surface area contributed by atoms with Crippen LogP contribution in [0.5, 0.6) is 0 Å². The van der Waals surface area contributed by atoms with Gasteiger partial charge in [0.05, 0.1) is 57.2 Å². The van der Waals surface area contributed by atoms with Crippen LogP contribution in [0.4, 0.5) is 5.69 Å². The van der Waals surface area contributed by atoms with Crippen LogP contribution < -0.4 is 15.5 Å². The molecule has 0 unspecified atom stereocenters. The Labute approximate surface area is 237 Å². The number of ether oxygens (including phenoxy) is 3. The largest absolute Gasteiger partial charge is 0.377 e. The Morgan fingerprint density at radius 3 is 2.00 bits per heavy atom. The second-order valence-corrected chi connectivity index (χ2v) is 9.14. The molecule has 0 atom stereocenters. The Bertz CT molecular complexity index is 1160. The highest BCUT2D eigenvalue weighted by atomic mass is 79.9. The van der Waals surface area contributed by atoms with Crippen LogP contribution in [0.1, 0.15) is 29.5 Å². The number of halogens is 1. The highest BCUT2D eigenvalue weighted by Gasteiger charge is 2.21. The van der Waals surface area contributed by atoms with Gasteiger partial charge in [-0.25, -0.2) is 0 Å². The molecule has 2 aromatic carbocycles. The lowest BCUT2D eigenvalue weighted by molar-refractivity contribution is -0.125. The lowest BCUT2D eigenvalue weighted by Crippen LogP contribution is -2.34. The lowest BCUT2D eigenvalue weighted by atomic mass is 10.0. The zero-order valence-corrected chi connectivity index (χ0v) is 23.5. The Morgan fingerprint density at radius 2 is 1.31 bits per heavy atom. The van der Waals surface area contributed by atoms with Gasteiger partial charge >= 0.3 is 0 Å². The number of nitrogens with one attached hydrogen (secondary N) is 2. The molecule has 3 rings (SSSR count). The number of nitrogens with zero attached hydrogens (tertiary/aromatic N) is 1. The highest BCUT2D eigenvalue weighted by molar-refractivity contribution is 9.09. The van der Waals surface area contributed by atoms with Gasteiger partial charge in [0.2, 0.25) is 17.7 Å². The molecule has 2 N–H and O–H groups in total. The summed E-state index contributed by atoms with van der Waals surface area (Å²) in [5.74, 6) is 5.97. The van der Waals surface area contributed by atoms with Crippen LogP contribution in [-0.4, -0.2) is 75.8 Å². The molecule has 1 heterocycles. The van der Waals surface area contributed by atoms with Crippen molar-refractivity contribution in [3.63, 3.8) is 0 Å². The van der Waals surface area contributed by atoms with E-state index in [1.165, 1.54) is 0 Å². The third kappa shape index (κ3) is 10.8. The first-order chi connectivity index (χ1) is 19.1. The second-order valence-electron chi connectivity index (χ2n) is 8.57. The summed E-state index contributed by atoms with van der Waals surface area (Å²) < 4.78 is 16.2. The molecule has 0 spiro atoms. The molecule has 1 aliphatic heterocycles. The Kier molecular flexibility index (Phi) is 13.5. The monoisotopic (exact) mass is 599 g/mol. The topological polar surface area (TPSA) is 106 Å². The first kappa shape index (κ1) is 30.3. The van der Waals surface area contributed by atoms with E-state index < -0.39 is 0 Å². The van der Waals surface area contributed by atoms with Crippen LogP contribution in [-0.2, 0) is 35.1 Å². The van der Waals surface area contributed by atoms with Crippen molar-refractivity contribution < 1.29 is 28.6 Å². The molecule has 39 heavy (non-hydrogen) atoms. The standard InChI is InChI=1S/C29H34BrN3O6/c30-21-28(35)32-14-16-38-18-20-39-19-17-37-15-13-31-27(34)11-12-29(36)33-22-25-7-2-1-5-23(25)9-10-24-6-3-4-8-26(24)33/h1-8H,11-22H2,(H,31,34)(H,32,35). The number of carbonyl (C=O) groups excluding carboxylic acids is 3. The average molecular weight is 601 g/mol. The smallest absolute Gasteiger partial charge is 0.230 e. The zero-order chi connectivity index (χ0) is 27.7. The fourth-order valence-corrected chi connectivity index (χ4v) is 3.96. The van der Waals surface area contributed by atoms with Crippen molar-refractivity contribution in [3.05, 3.63) is 65.2 Å². The van der Waals surface area contributed by atoms with Gasteiger partial charge in [-0.05, 0) is 23.8 Å². The molecular weight excluding hydrogens is 566 g/mol. The SMILES string of the molecule is O=C(CBr)NCCOCCOCCOCCNC(=O)CCC(=O)N1Cc2ccccc2C#Cc2ccccc21. The summed E-state index contributed by atoms with van der Waals surface area (Å²) in [6, 6.07) is 15.4. The number of hydrogen-bond acceptors (Lipinski definition) is 6. The average Bonchev–Trinajstić information content (AvgIpc) is 2.95. The number of fused-ring (bicyclic) bond motifs is 2. The Morgan fingerprint density at radius 1 is 0.744 bits per heavy atom. The third-order valence-corrected chi connectivity index (χ3v) is 6.25. The maximum atomic E-state index is 13.2. The summed E-state index contributed by atoms with van der Waals surface area (Å²) in [5.41, 5.74) is 3.41. The van der Waals surface area contributed by atoms with E-state index in [0.29, 0.717) is 59.3 Å². The number of amides is 3. The van der Waals surface area contributed by atoms with Crippen LogP contribution >= 0.6 is 15.9 Å². The maximum Gasteiger partial charge on any atom is 0.230 e. The van der Waals surface area contributed by atoms with Crippen LogP contribution in [0.3, 0.4) is 0 Å². The van der Waals surface area contributed by atoms with E-state index in [0.717, 1.165) is 22.4 Å². The van der Waals surface area contributed by atoms with Crippen molar-refractivity contribution >= 4 is 39.3 Å². The molecule has 0 radical (unpaired) electrons. The lowest BCUT2D eigenvalue weighted by Gasteiger charge is -2.26. The maximum absolute atomic E-state index is 13.2. The third-order valence-electron chi connectivity index (χ3n) is 5.74. The summed E-state index contributed by atoms with van der Waals surface area (Å²) in [5, 5.41) is 5.75. The minimum absolute atomic E-state index is 0.0757. The molecule has 10 heteroatoms. The van der Waals surface area contributed by atoms with Crippen molar-refractivity contribution in [2.75, 3.05) is 63.0 Å². The first-order valence-electron chi connectivity index (χ1n) is 12.9. The number of hydrogen-bond donors (Lipinski definition) is 2. The van der Waals surface area contributed by atoms with Gasteiger partial charge in [-0.3, -0.25) is 14.4 Å². The van der Waals surface area contributed by atoms with Crippen molar-refractivity contribution in [1.82, 2.24) is 10.6 Å². The predicted octanol–water partition coefficient (Wildman–Crippen LogP) is 2.39. The molecule has 0 aromatic heterocycles. The number of anilines is 1. The first-order valence-corrected chi connectivity index (χ1v) is 14.0. The predicted molar refractivity (Wildman–Crippen MR) is 152 cm³/mol. The van der Waals surface area contributed by atoms with Crippen LogP contribution in [0.25, 0.3) is 0 Å². The molecule has 0 saturated carbocycles. The summed E-state index contributed by atoms with van der Waals surface area (Å²) in [7, 11) is 0. The number of rotatable bonds is 16. The Hall–Kier alpha value is -3.23. The van der Waals surface area contributed by atoms with Gasteiger partial charge in [0.25, 0.3) is 0 Å². The molecule has 1 aliphatic rings. The van der Waals surface area contributed by atoms with Gasteiger partial charge in [-0.2, -0.15) is 0 Å². The quantitative estimate of drug-likeness (QED) is 0.174. The fourth-order valence-electron chi connectivity index (χ4n) is 3.77. The van der Waals surface area contributed by atoms with Crippen molar-refractivity contribution in [1.29, 1.82) is 0 Å². The van der Waals surface area contributed by atoms with E-state index in [1.54, 1.807) is 4.90 Å². The van der Waals surface area contributed by atoms with Gasteiger partial charge in [0, 0.05) is 37.1 Å². The molecule has 0 fully saturated rings. The molecule has 0 saturated heterocycles. The van der Waals surface area contributed by atoms with Gasteiger partial charge in [-0.15, -0.1) is 0 Å². The normalized spacial score (nSPS) is 11.8. The van der Waals surface area contributed by atoms with Crippen molar-refractivity contribution in [3.8, 4) is 11.8 Å². The highest BCUT2D eigenvalue weighted by Crippen LogP contribution is 2.26. The van der Waals surface area contributed by atoms with Crippen LogP contribution in [0, 0.1) is 11.8 Å². The summed E-state index contributed by atoms with van der Waals surface area (Å²) >= 11 is 3.07. The minimum atomic E-state index is -0.201. The van der Waals surface area contributed by atoms with E-state index in [4.69, 9.17) is 14.2 Å². The number of carbonyl (C=O) groups is 3. The summed E-state index contributed by atoms with van der Waals surface area (Å²) in [4.78, 5) is 38.3. The minimum Gasteiger partial charge on any atom is -0.377 e. The molecule has 0 bridgehead atoms. The van der Waals surface area contributed by atoms with Gasteiger partial charge < -0.3 is 29.7 Å². The van der Waals surface area contributed by atoms with Gasteiger partial charge in [0.1, 0.15) is 0 Å². The van der Waals surface area contributed by atoms with Crippen molar-refractivity contribution in [2.24, 2.45) is 0 Å². The molecule has 9 nitrogen and oxygen atoms in total. The summed E-state index contributed by atoms with van der Waals surface area (Å²) in [6.45, 7) is 3.67. The van der Waals surface area contributed by atoms with E-state index in [-0.39, 0.29) is 35.9 Å². The number of para-hydroxylation sites is 1. The van der Waals surface area contributed by atoms with Crippen molar-refractivity contribution in [2.45, 2.75) is 19.4 Å². The van der Waals surface area contributed by atoms with E-state index in [2.05, 4.69) is 38.4 Å². The number of alkyl halides is 1. The van der Waals surface area contributed by atoms with Crippen LogP contribution in [0.2, 0.25) is 0 Å². The van der Waals surface area contributed by atoms with E-state index >= 15 is 0 Å². The van der Waals surface area contributed by atoms with E-state index in [1.807, 2.05) is 48.5 Å². The van der Waals surface area contributed by atoms with Crippen LogP contribution in [0.15, 0.2) is 48.5 Å². The van der Waals surface area contributed by atoms with Gasteiger partial charge in [0.15, 0.2) is 0 Å². The molecule has 2 aromatic rings. The number of benzene rings is 2. The molecule has 0 aliphatic carbocycles. The fraction of sp³-hybridized carbons (Fsp3) is 0.414. The van der Waals surface area contributed by atoms with E-state index in [9.17, 15) is 14.4 Å². The molecule has 208 valence electrons.